The molecule has 1 aliphatic rings. The van der Waals surface area contributed by atoms with Gasteiger partial charge in [-0.15, -0.1) is 0 Å². The topological polar surface area (TPSA) is 119 Å². The fraction of sp³-hybridized carbons (Fsp3) is 0.316. The average molecular weight is 454 g/mol. The number of nitrogens with one attached hydrogen (secondary N) is 1. The number of nitro groups is 1. The van der Waals surface area contributed by atoms with E-state index in [-0.39, 0.29) is 34.6 Å². The summed E-state index contributed by atoms with van der Waals surface area (Å²) in [5.41, 5.74) is 0.212. The number of ether oxygens (including phenoxy) is 1. The quantitative estimate of drug-likeness (QED) is 0.529. The van der Waals surface area contributed by atoms with Crippen molar-refractivity contribution in [1.82, 2.24) is 4.31 Å². The minimum Gasteiger partial charge on any atom is -0.495 e. The highest BCUT2D eigenvalue weighted by molar-refractivity contribution is 7.89. The average Bonchev–Trinajstić information content (AvgIpc) is 2.74. The number of methoxy groups -OCH3 is 1. The van der Waals surface area contributed by atoms with Crippen LogP contribution in [-0.4, -0.2) is 43.8 Å². The second-order valence-corrected chi connectivity index (χ2v) is 9.12. The first-order chi connectivity index (χ1) is 14.2. The second-order valence-electron chi connectivity index (χ2n) is 6.77. The molecule has 1 N–H and O–H groups in total. The summed E-state index contributed by atoms with van der Waals surface area (Å²) in [7, 11) is -2.30. The van der Waals surface area contributed by atoms with Gasteiger partial charge in [-0.1, -0.05) is 17.7 Å². The predicted octanol–water partition coefficient (Wildman–Crippen LogP) is 3.30. The van der Waals surface area contributed by atoms with Crippen LogP contribution in [0.4, 0.5) is 11.4 Å². The number of carbonyl (C=O) groups is 1. The predicted molar refractivity (Wildman–Crippen MR) is 111 cm³/mol. The Morgan fingerprint density at radius 3 is 2.53 bits per heavy atom. The van der Waals surface area contributed by atoms with E-state index in [1.807, 2.05) is 0 Å². The van der Waals surface area contributed by atoms with Crippen molar-refractivity contribution in [2.24, 2.45) is 5.92 Å². The van der Waals surface area contributed by atoms with Gasteiger partial charge in [0.1, 0.15) is 5.75 Å². The van der Waals surface area contributed by atoms with Crippen LogP contribution in [0.1, 0.15) is 12.8 Å². The summed E-state index contributed by atoms with van der Waals surface area (Å²) in [5, 5.41) is 13.7. The van der Waals surface area contributed by atoms with E-state index in [0.717, 1.165) is 0 Å². The Balaban J connectivity index is 1.64. The van der Waals surface area contributed by atoms with Gasteiger partial charge in [0.05, 0.1) is 22.0 Å². The number of non-ortho nitro benzene ring substituents is 1. The summed E-state index contributed by atoms with van der Waals surface area (Å²) in [6, 6.07) is 9.95. The Kier molecular flexibility index (Phi) is 6.59. The van der Waals surface area contributed by atoms with E-state index < -0.39 is 20.9 Å². The van der Waals surface area contributed by atoms with E-state index >= 15 is 0 Å². The number of sulfonamides is 1. The van der Waals surface area contributed by atoms with Crippen LogP contribution in [0.2, 0.25) is 5.02 Å². The van der Waals surface area contributed by atoms with Gasteiger partial charge >= 0.3 is 0 Å². The summed E-state index contributed by atoms with van der Waals surface area (Å²) < 4.78 is 32.1. The number of nitro benzene ring substituents is 1. The Hall–Kier alpha value is -2.69. The molecular weight excluding hydrogens is 434 g/mol. The maximum atomic E-state index is 12.9. The number of rotatable bonds is 6. The lowest BCUT2D eigenvalue weighted by Gasteiger charge is -2.30. The van der Waals surface area contributed by atoms with E-state index in [0.29, 0.717) is 24.3 Å². The lowest BCUT2D eigenvalue weighted by molar-refractivity contribution is -0.384. The van der Waals surface area contributed by atoms with Crippen molar-refractivity contribution in [1.29, 1.82) is 0 Å². The number of anilines is 1. The number of hydrogen-bond donors (Lipinski definition) is 1. The van der Waals surface area contributed by atoms with Crippen LogP contribution in [0.5, 0.6) is 5.75 Å². The molecule has 0 spiro atoms. The molecule has 1 saturated heterocycles. The van der Waals surface area contributed by atoms with Gasteiger partial charge in [-0.2, -0.15) is 4.31 Å². The third-order valence-electron chi connectivity index (χ3n) is 4.91. The molecule has 160 valence electrons. The monoisotopic (exact) mass is 453 g/mol. The summed E-state index contributed by atoms with van der Waals surface area (Å²) in [6.45, 7) is 0.359. The number of piperidine rings is 1. The molecular formula is C19H20ClN3O6S. The minimum absolute atomic E-state index is 0.0628. The van der Waals surface area contributed by atoms with Crippen LogP contribution in [-0.2, 0) is 14.8 Å². The highest BCUT2D eigenvalue weighted by Crippen LogP contribution is 2.30. The molecule has 11 heteroatoms. The van der Waals surface area contributed by atoms with Crippen LogP contribution in [0.15, 0.2) is 47.4 Å². The van der Waals surface area contributed by atoms with Crippen LogP contribution < -0.4 is 10.1 Å². The number of halogens is 1. The molecule has 1 aliphatic heterocycles. The molecule has 0 bridgehead atoms. The van der Waals surface area contributed by atoms with Crippen molar-refractivity contribution in [3.8, 4) is 5.75 Å². The van der Waals surface area contributed by atoms with Crippen LogP contribution in [0.25, 0.3) is 0 Å². The molecule has 9 nitrogen and oxygen atoms in total. The van der Waals surface area contributed by atoms with Crippen molar-refractivity contribution in [3.63, 3.8) is 0 Å². The van der Waals surface area contributed by atoms with Gasteiger partial charge in [-0.25, -0.2) is 8.42 Å². The number of carbonyl (C=O) groups excluding carboxylic acids is 1. The lowest BCUT2D eigenvalue weighted by atomic mass is 9.97. The van der Waals surface area contributed by atoms with Gasteiger partial charge < -0.3 is 10.1 Å². The zero-order valence-electron chi connectivity index (χ0n) is 16.1. The van der Waals surface area contributed by atoms with Gasteiger partial charge in [0.2, 0.25) is 15.9 Å². The largest absolute Gasteiger partial charge is 0.495 e. The molecule has 0 saturated carbocycles. The smallest absolute Gasteiger partial charge is 0.271 e. The van der Waals surface area contributed by atoms with Crippen LogP contribution in [0.3, 0.4) is 0 Å². The highest BCUT2D eigenvalue weighted by Gasteiger charge is 2.32. The third kappa shape index (κ3) is 4.72. The lowest BCUT2D eigenvalue weighted by Crippen LogP contribution is -2.41. The normalized spacial score (nSPS) is 15.5. The maximum Gasteiger partial charge on any atom is 0.271 e. The van der Waals surface area contributed by atoms with Crippen molar-refractivity contribution >= 4 is 38.9 Å². The van der Waals surface area contributed by atoms with Gasteiger partial charge in [-0.3, -0.25) is 14.9 Å². The number of nitrogens with zero attached hydrogens (tertiary/aromatic N) is 2. The van der Waals surface area contributed by atoms with Crippen molar-refractivity contribution < 1.29 is 22.9 Å². The number of amides is 1. The molecule has 2 aromatic rings. The van der Waals surface area contributed by atoms with E-state index in [1.54, 1.807) is 6.07 Å². The second kappa shape index (κ2) is 8.99. The molecule has 2 aromatic carbocycles. The van der Waals surface area contributed by atoms with Crippen LogP contribution >= 0.6 is 11.6 Å². The molecule has 0 atom stereocenters. The molecule has 0 aliphatic carbocycles. The molecule has 30 heavy (non-hydrogen) atoms. The maximum absolute atomic E-state index is 12.9. The highest BCUT2D eigenvalue weighted by atomic mass is 35.5. The van der Waals surface area contributed by atoms with E-state index in [2.05, 4.69) is 5.32 Å². The summed E-state index contributed by atoms with van der Waals surface area (Å²) in [6.07, 6.45) is 0.674. The van der Waals surface area contributed by atoms with Gasteiger partial charge in [0.15, 0.2) is 0 Å². The Bertz CT molecular complexity index is 1070. The Morgan fingerprint density at radius 1 is 1.23 bits per heavy atom. The zero-order valence-corrected chi connectivity index (χ0v) is 17.6. The fourth-order valence-corrected chi connectivity index (χ4v) is 5.08. The summed E-state index contributed by atoms with van der Waals surface area (Å²) in [5.74, 6) is -0.303. The van der Waals surface area contributed by atoms with E-state index in [1.165, 1.54) is 47.8 Å². The van der Waals surface area contributed by atoms with Crippen molar-refractivity contribution in [2.75, 3.05) is 25.5 Å². The Labute approximate surface area is 178 Å². The minimum atomic E-state index is -3.75. The summed E-state index contributed by atoms with van der Waals surface area (Å²) in [4.78, 5) is 22.9. The first-order valence-corrected chi connectivity index (χ1v) is 10.9. The van der Waals surface area contributed by atoms with E-state index in [9.17, 15) is 23.3 Å². The van der Waals surface area contributed by atoms with Gasteiger partial charge in [-0.05, 0) is 37.1 Å². The zero-order chi connectivity index (χ0) is 21.9. The van der Waals surface area contributed by atoms with Crippen molar-refractivity contribution in [2.45, 2.75) is 17.7 Å². The first kappa shape index (κ1) is 22.0. The fourth-order valence-electron chi connectivity index (χ4n) is 3.26. The molecule has 0 aromatic heterocycles. The van der Waals surface area contributed by atoms with Crippen molar-refractivity contribution in [3.05, 3.63) is 57.6 Å². The van der Waals surface area contributed by atoms with Gasteiger partial charge in [0, 0.05) is 36.8 Å². The number of benzene rings is 2. The standard InChI is InChI=1S/C19H20ClN3O6S/c1-29-18-6-5-16(12-17(18)20)30(27,28)22-9-7-13(8-10-22)19(24)21-14-3-2-4-15(11-14)23(25)26/h2-6,11-13H,7-10H2,1H3,(H,21,24). The Morgan fingerprint density at radius 2 is 1.93 bits per heavy atom. The van der Waals surface area contributed by atoms with E-state index in [4.69, 9.17) is 16.3 Å². The number of hydrogen-bond acceptors (Lipinski definition) is 6. The molecule has 1 heterocycles. The molecule has 1 fully saturated rings. The molecule has 1 amide bonds. The van der Waals surface area contributed by atoms with Crippen LogP contribution in [0, 0.1) is 16.0 Å². The molecule has 0 radical (unpaired) electrons. The summed E-state index contributed by atoms with van der Waals surface area (Å²) >= 11 is 6.04. The SMILES string of the molecule is COc1ccc(S(=O)(=O)N2CCC(C(=O)Nc3cccc([N+](=O)[O-])c3)CC2)cc1Cl. The first-order valence-electron chi connectivity index (χ1n) is 9.11. The molecule has 3 rings (SSSR count). The van der Waals surface area contributed by atoms with Gasteiger partial charge in [0.25, 0.3) is 5.69 Å². The molecule has 0 unspecified atom stereocenters. The third-order valence-corrected chi connectivity index (χ3v) is 7.10.